The van der Waals surface area contributed by atoms with Crippen molar-refractivity contribution < 1.29 is 19.0 Å². The van der Waals surface area contributed by atoms with Crippen LogP contribution in [0.2, 0.25) is 0 Å². The minimum atomic E-state index is -0.628. The van der Waals surface area contributed by atoms with Crippen LogP contribution in [0.3, 0.4) is 0 Å². The van der Waals surface area contributed by atoms with E-state index >= 15 is 0 Å². The molecule has 1 amide bonds. The van der Waals surface area contributed by atoms with Crippen molar-refractivity contribution in [2.75, 3.05) is 33.3 Å². The highest BCUT2D eigenvalue weighted by molar-refractivity contribution is 9.10. The Kier molecular flexibility index (Phi) is 9.25. The van der Waals surface area contributed by atoms with Crippen molar-refractivity contribution >= 4 is 50.5 Å². The average Bonchev–Trinajstić information content (AvgIpc) is 3.15. The van der Waals surface area contributed by atoms with E-state index in [4.69, 9.17) is 14.2 Å². The number of methoxy groups -OCH3 is 3. The number of halogens is 1. The highest BCUT2D eigenvalue weighted by Crippen LogP contribution is 2.29. The fraction of sp³-hybridized carbons (Fsp3) is 0.240. The number of nitrogens with one attached hydrogen (secondary N) is 1. The number of carbonyl (C=O) groups excluding carboxylic acids is 1. The molecule has 182 valence electrons. The summed E-state index contributed by atoms with van der Waals surface area (Å²) >= 11 is 4.50. The van der Waals surface area contributed by atoms with Gasteiger partial charge in [-0.1, -0.05) is 28.1 Å². The van der Waals surface area contributed by atoms with Gasteiger partial charge in [0.1, 0.15) is 10.7 Å². The minimum Gasteiger partial charge on any atom is -0.493 e. The van der Waals surface area contributed by atoms with Gasteiger partial charge in [0.2, 0.25) is 0 Å². The van der Waals surface area contributed by atoms with E-state index in [9.17, 15) is 14.9 Å². The van der Waals surface area contributed by atoms with Crippen LogP contribution in [0.4, 0.5) is 5.69 Å². The number of amides is 1. The Morgan fingerprint density at radius 1 is 1.14 bits per heavy atom. The molecule has 8 nitrogen and oxygen atoms in total. The van der Waals surface area contributed by atoms with Gasteiger partial charge in [0.25, 0.3) is 11.5 Å². The van der Waals surface area contributed by atoms with Gasteiger partial charge in [-0.3, -0.25) is 14.2 Å². The molecule has 1 heterocycles. The molecule has 0 aliphatic carbocycles. The van der Waals surface area contributed by atoms with E-state index in [0.717, 1.165) is 21.4 Å². The second-order valence-electron chi connectivity index (χ2n) is 7.28. The fourth-order valence-electron chi connectivity index (χ4n) is 3.29. The largest absolute Gasteiger partial charge is 0.493 e. The van der Waals surface area contributed by atoms with Crippen LogP contribution in [0.25, 0.3) is 11.6 Å². The first-order valence-electron chi connectivity index (χ1n) is 10.6. The summed E-state index contributed by atoms with van der Waals surface area (Å²) in [6, 6.07) is 14.4. The Morgan fingerprint density at radius 3 is 2.49 bits per heavy atom. The zero-order valence-corrected chi connectivity index (χ0v) is 21.9. The molecule has 1 aromatic heterocycles. The summed E-state index contributed by atoms with van der Waals surface area (Å²) in [6.45, 7) is 0.745. The summed E-state index contributed by atoms with van der Waals surface area (Å²) in [5.41, 5.74) is 0.827. The van der Waals surface area contributed by atoms with Gasteiger partial charge in [-0.2, -0.15) is 5.26 Å². The zero-order chi connectivity index (χ0) is 25.4. The highest BCUT2D eigenvalue weighted by atomic mass is 79.9. The molecule has 10 heteroatoms. The molecule has 0 saturated carbocycles. The minimum absolute atomic E-state index is 0.158. The van der Waals surface area contributed by atoms with Gasteiger partial charge >= 0.3 is 0 Å². The molecule has 3 aromatic rings. The number of thiazole rings is 1. The number of nitriles is 1. The van der Waals surface area contributed by atoms with E-state index in [1.807, 2.05) is 30.3 Å². The summed E-state index contributed by atoms with van der Waals surface area (Å²) in [5.74, 6) is 0.313. The van der Waals surface area contributed by atoms with E-state index in [1.165, 1.54) is 18.8 Å². The Bertz CT molecular complexity index is 1420. The van der Waals surface area contributed by atoms with Crippen molar-refractivity contribution in [3.63, 3.8) is 0 Å². The molecule has 2 aromatic carbocycles. The molecular formula is C25H24BrN3O5S. The van der Waals surface area contributed by atoms with Gasteiger partial charge in [0.05, 0.1) is 18.8 Å². The van der Waals surface area contributed by atoms with Crippen LogP contribution in [-0.4, -0.2) is 38.4 Å². The van der Waals surface area contributed by atoms with E-state index in [-0.39, 0.29) is 15.8 Å². The Morgan fingerprint density at radius 2 is 1.86 bits per heavy atom. The van der Waals surface area contributed by atoms with E-state index in [0.29, 0.717) is 41.3 Å². The van der Waals surface area contributed by atoms with Gasteiger partial charge in [0.15, 0.2) is 17.1 Å². The maximum Gasteiger partial charge on any atom is 0.269 e. The number of nitrogens with zero attached hydrogens (tertiary/aromatic N) is 2. The van der Waals surface area contributed by atoms with Crippen molar-refractivity contribution in [2.24, 2.45) is 0 Å². The molecule has 1 N–H and O–H groups in total. The highest BCUT2D eigenvalue weighted by Gasteiger charge is 2.17. The van der Waals surface area contributed by atoms with Crippen LogP contribution >= 0.6 is 27.3 Å². The standard InChI is InChI=1S/C25H24BrN3O5S/c1-32-12-4-11-29-24(31)22(13-16-5-7-17(26)8-6-16)35-25(29)19(15-27)23(30)28-18-9-10-20(33-2)21(14-18)34-3/h5-10,13-14H,4,11-12H2,1-3H3,(H,28,30)/b22-13+,25-19-. The SMILES string of the molecule is COCCCn1c(=O)/c(=C\c2ccc(Br)cc2)s/c1=C(/C#N)C(=O)Nc1ccc(OC)c(OC)c1. The average molecular weight is 558 g/mol. The fourth-order valence-corrected chi connectivity index (χ4v) is 4.68. The molecule has 0 atom stereocenters. The molecule has 0 aliphatic rings. The first-order valence-corrected chi connectivity index (χ1v) is 12.2. The van der Waals surface area contributed by atoms with Crippen LogP contribution in [0.15, 0.2) is 51.7 Å². The van der Waals surface area contributed by atoms with Crippen LogP contribution < -0.4 is 29.5 Å². The molecule has 0 unspecified atom stereocenters. The number of hydrogen-bond donors (Lipinski definition) is 1. The third kappa shape index (κ3) is 6.39. The topological polar surface area (TPSA) is 103 Å². The number of carbonyl (C=O) groups is 1. The van der Waals surface area contributed by atoms with E-state index < -0.39 is 5.91 Å². The van der Waals surface area contributed by atoms with Gasteiger partial charge in [-0.15, -0.1) is 11.3 Å². The molecule has 0 aliphatic heterocycles. The van der Waals surface area contributed by atoms with E-state index in [2.05, 4.69) is 21.2 Å². The lowest BCUT2D eigenvalue weighted by molar-refractivity contribution is -0.111. The molecule has 0 bridgehead atoms. The summed E-state index contributed by atoms with van der Waals surface area (Å²) < 4.78 is 18.7. The van der Waals surface area contributed by atoms with Crippen molar-refractivity contribution in [2.45, 2.75) is 13.0 Å². The lowest BCUT2D eigenvalue weighted by Gasteiger charge is -2.10. The van der Waals surface area contributed by atoms with Gasteiger partial charge < -0.3 is 19.5 Å². The maximum absolute atomic E-state index is 13.2. The number of hydrogen-bond acceptors (Lipinski definition) is 7. The molecule has 0 spiro atoms. The second-order valence-corrected chi connectivity index (χ2v) is 9.23. The Balaban J connectivity index is 2.10. The van der Waals surface area contributed by atoms with Crippen molar-refractivity contribution in [3.05, 3.63) is 72.0 Å². The number of aromatic nitrogens is 1. The number of benzene rings is 2. The molecule has 0 fully saturated rings. The van der Waals surface area contributed by atoms with Crippen molar-refractivity contribution in [1.29, 1.82) is 5.26 Å². The monoisotopic (exact) mass is 557 g/mol. The Hall–Kier alpha value is -3.39. The third-order valence-corrected chi connectivity index (χ3v) is 6.66. The zero-order valence-electron chi connectivity index (χ0n) is 19.5. The van der Waals surface area contributed by atoms with Crippen molar-refractivity contribution in [3.8, 4) is 17.6 Å². The molecule has 3 rings (SSSR count). The predicted octanol–water partition coefficient (Wildman–Crippen LogP) is 2.87. The summed E-state index contributed by atoms with van der Waals surface area (Å²) in [5, 5.41) is 12.6. The summed E-state index contributed by atoms with van der Waals surface area (Å²) in [4.78, 5) is 26.3. The van der Waals surface area contributed by atoms with E-state index in [1.54, 1.807) is 31.4 Å². The summed E-state index contributed by atoms with van der Waals surface area (Å²) in [6.07, 6.45) is 2.30. The lowest BCUT2D eigenvalue weighted by Crippen LogP contribution is -2.34. The van der Waals surface area contributed by atoms with Gasteiger partial charge in [-0.25, -0.2) is 0 Å². The van der Waals surface area contributed by atoms with Crippen LogP contribution in [0.1, 0.15) is 12.0 Å². The third-order valence-electron chi connectivity index (χ3n) is 5.00. The maximum atomic E-state index is 13.2. The first-order chi connectivity index (χ1) is 16.9. The first kappa shape index (κ1) is 26.2. The number of anilines is 1. The smallest absolute Gasteiger partial charge is 0.269 e. The van der Waals surface area contributed by atoms with Gasteiger partial charge in [-0.05, 0) is 42.3 Å². The second kappa shape index (κ2) is 12.4. The normalized spacial score (nSPS) is 12.1. The molecule has 35 heavy (non-hydrogen) atoms. The number of rotatable bonds is 9. The quantitative estimate of drug-likeness (QED) is 0.406. The predicted molar refractivity (Wildman–Crippen MR) is 139 cm³/mol. The van der Waals surface area contributed by atoms with Crippen LogP contribution in [-0.2, 0) is 16.1 Å². The van der Waals surface area contributed by atoms with Gasteiger partial charge in [0, 0.05) is 36.5 Å². The van der Waals surface area contributed by atoms with Crippen LogP contribution in [0, 0.1) is 11.3 Å². The summed E-state index contributed by atoms with van der Waals surface area (Å²) in [7, 11) is 4.58. The molecular weight excluding hydrogens is 534 g/mol. The van der Waals surface area contributed by atoms with Crippen LogP contribution in [0.5, 0.6) is 11.5 Å². The van der Waals surface area contributed by atoms with Crippen molar-refractivity contribution in [1.82, 2.24) is 4.57 Å². The molecule has 0 saturated heterocycles. The number of ether oxygens (including phenoxy) is 3. The lowest BCUT2D eigenvalue weighted by atomic mass is 10.2. The Labute approximate surface area is 214 Å². The molecule has 0 radical (unpaired) electrons.